The number of benzene rings is 1. The average Bonchev–Trinajstić information content (AvgIpc) is 2.26. The second kappa shape index (κ2) is 6.03. The van der Waals surface area contributed by atoms with Gasteiger partial charge < -0.3 is 15.8 Å². The molecule has 0 heterocycles. The topological polar surface area (TPSA) is 64.4 Å². The van der Waals surface area contributed by atoms with Gasteiger partial charge in [0.25, 0.3) is 12.3 Å². The summed E-state index contributed by atoms with van der Waals surface area (Å²) >= 11 is 0. The van der Waals surface area contributed by atoms with E-state index in [-0.39, 0.29) is 17.2 Å². The maximum absolute atomic E-state index is 12.0. The molecule has 17 heavy (non-hydrogen) atoms. The van der Waals surface area contributed by atoms with E-state index in [9.17, 15) is 13.6 Å². The molecule has 1 amide bonds. The van der Waals surface area contributed by atoms with Crippen molar-refractivity contribution in [1.82, 2.24) is 5.32 Å². The van der Waals surface area contributed by atoms with E-state index in [1.807, 2.05) is 0 Å². The Morgan fingerprint density at radius 2 is 2.24 bits per heavy atom. The van der Waals surface area contributed by atoms with Gasteiger partial charge in [-0.3, -0.25) is 4.79 Å². The lowest BCUT2D eigenvalue weighted by molar-refractivity contribution is 0.0796. The van der Waals surface area contributed by atoms with Crippen molar-refractivity contribution >= 4 is 11.6 Å². The molecule has 0 spiro atoms. The summed E-state index contributed by atoms with van der Waals surface area (Å²) in [5, 5.41) is 2.56. The number of nitrogens with two attached hydrogens (primary N) is 1. The summed E-state index contributed by atoms with van der Waals surface area (Å²) in [6.07, 6.45) is -2.60. The highest BCUT2D eigenvalue weighted by Crippen LogP contribution is 2.22. The average molecular weight is 244 g/mol. The molecule has 0 unspecified atom stereocenters. The minimum absolute atomic E-state index is 0.0660. The van der Waals surface area contributed by atoms with E-state index >= 15 is 0 Å². The highest BCUT2D eigenvalue weighted by atomic mass is 19.3. The summed E-state index contributed by atoms with van der Waals surface area (Å²) in [5.41, 5.74) is 6.05. The van der Waals surface area contributed by atoms with Crippen molar-refractivity contribution in [2.45, 2.75) is 13.3 Å². The minimum atomic E-state index is -2.60. The molecule has 0 aromatic heterocycles. The fraction of sp³-hybridized carbons (Fsp3) is 0.364. The van der Waals surface area contributed by atoms with Crippen molar-refractivity contribution in [2.75, 3.05) is 18.9 Å². The quantitative estimate of drug-likeness (QED) is 0.774. The first-order chi connectivity index (χ1) is 8.04. The van der Waals surface area contributed by atoms with Crippen LogP contribution in [0.1, 0.15) is 17.3 Å². The van der Waals surface area contributed by atoms with Gasteiger partial charge in [0.2, 0.25) is 0 Å². The van der Waals surface area contributed by atoms with Crippen molar-refractivity contribution in [3.05, 3.63) is 23.8 Å². The highest BCUT2D eigenvalue weighted by Gasteiger charge is 2.13. The molecule has 0 bridgehead atoms. The first-order valence-electron chi connectivity index (χ1n) is 5.13. The number of ether oxygens (including phenoxy) is 1. The van der Waals surface area contributed by atoms with Gasteiger partial charge in [-0.2, -0.15) is 0 Å². The molecule has 1 aromatic carbocycles. The van der Waals surface area contributed by atoms with Gasteiger partial charge in [0, 0.05) is 18.3 Å². The maximum Gasteiger partial charge on any atom is 0.272 e. The summed E-state index contributed by atoms with van der Waals surface area (Å²) in [7, 11) is 0. The minimum Gasteiger partial charge on any atom is -0.487 e. The molecule has 0 aliphatic carbocycles. The molecule has 6 heteroatoms. The van der Waals surface area contributed by atoms with E-state index in [0.29, 0.717) is 12.2 Å². The Hall–Kier alpha value is -1.85. The van der Waals surface area contributed by atoms with Gasteiger partial charge in [0.1, 0.15) is 12.4 Å². The molecule has 0 aliphatic rings. The molecule has 0 atom stereocenters. The van der Waals surface area contributed by atoms with Crippen LogP contribution >= 0.6 is 0 Å². The van der Waals surface area contributed by atoms with Crippen molar-refractivity contribution < 1.29 is 18.3 Å². The molecule has 0 saturated carbocycles. The number of rotatable bonds is 5. The number of hydrogen-bond donors (Lipinski definition) is 2. The summed E-state index contributed by atoms with van der Waals surface area (Å²) in [6, 6.07) is 4.31. The van der Waals surface area contributed by atoms with E-state index in [1.165, 1.54) is 18.2 Å². The number of carbonyl (C=O) groups is 1. The van der Waals surface area contributed by atoms with Crippen LogP contribution in [0.2, 0.25) is 0 Å². The van der Waals surface area contributed by atoms with Gasteiger partial charge in [0.15, 0.2) is 0 Å². The van der Waals surface area contributed by atoms with Crippen LogP contribution in [0.3, 0.4) is 0 Å². The van der Waals surface area contributed by atoms with Crippen LogP contribution < -0.4 is 15.8 Å². The maximum atomic E-state index is 12.0. The van der Waals surface area contributed by atoms with Crippen LogP contribution in [0, 0.1) is 0 Å². The van der Waals surface area contributed by atoms with E-state index in [2.05, 4.69) is 5.32 Å². The van der Waals surface area contributed by atoms with Gasteiger partial charge in [-0.05, 0) is 19.1 Å². The summed E-state index contributed by atoms with van der Waals surface area (Å²) in [5.74, 6) is -0.312. The number of halogens is 2. The monoisotopic (exact) mass is 244 g/mol. The number of nitrogens with one attached hydrogen (secondary N) is 1. The van der Waals surface area contributed by atoms with Gasteiger partial charge in [-0.1, -0.05) is 0 Å². The number of amides is 1. The van der Waals surface area contributed by atoms with Crippen LogP contribution in [0.25, 0.3) is 0 Å². The zero-order valence-electron chi connectivity index (χ0n) is 9.37. The third-order valence-electron chi connectivity index (χ3n) is 1.95. The van der Waals surface area contributed by atoms with Crippen LogP contribution in [0.15, 0.2) is 18.2 Å². The molecule has 0 fully saturated rings. The molecule has 94 valence electrons. The van der Waals surface area contributed by atoms with Gasteiger partial charge in [-0.15, -0.1) is 0 Å². The largest absolute Gasteiger partial charge is 0.487 e. The highest BCUT2D eigenvalue weighted by molar-refractivity contribution is 5.97. The Morgan fingerprint density at radius 3 is 2.82 bits per heavy atom. The summed E-state index contributed by atoms with van der Waals surface area (Å²) in [6.45, 7) is 1.43. The lowest BCUT2D eigenvalue weighted by Crippen LogP contribution is -2.23. The Balaban J connectivity index is 2.91. The van der Waals surface area contributed by atoms with Gasteiger partial charge >= 0.3 is 0 Å². The molecule has 1 rings (SSSR count). The van der Waals surface area contributed by atoms with Crippen molar-refractivity contribution in [3.8, 4) is 5.75 Å². The summed E-state index contributed by atoms with van der Waals surface area (Å²) < 4.78 is 28.9. The smallest absolute Gasteiger partial charge is 0.272 e. The fourth-order valence-electron chi connectivity index (χ4n) is 1.25. The third-order valence-corrected chi connectivity index (χ3v) is 1.95. The van der Waals surface area contributed by atoms with E-state index in [4.69, 9.17) is 10.5 Å². The summed E-state index contributed by atoms with van der Waals surface area (Å²) in [4.78, 5) is 11.6. The number of hydrogen-bond acceptors (Lipinski definition) is 3. The molecule has 0 radical (unpaired) electrons. The van der Waals surface area contributed by atoms with Crippen LogP contribution in [-0.2, 0) is 0 Å². The Kier molecular flexibility index (Phi) is 4.68. The molecule has 1 aromatic rings. The number of nitrogen functional groups attached to an aromatic ring is 1. The first-order valence-corrected chi connectivity index (χ1v) is 5.13. The lowest BCUT2D eigenvalue weighted by atomic mass is 10.1. The Labute approximate surface area is 97.8 Å². The third kappa shape index (κ3) is 3.90. The van der Waals surface area contributed by atoms with Crippen LogP contribution in [0.5, 0.6) is 5.75 Å². The number of anilines is 1. The van der Waals surface area contributed by atoms with E-state index in [1.54, 1.807) is 6.92 Å². The van der Waals surface area contributed by atoms with Gasteiger partial charge in [-0.25, -0.2) is 8.78 Å². The van der Waals surface area contributed by atoms with E-state index in [0.717, 1.165) is 0 Å². The predicted octanol–water partition coefficient (Wildman–Crippen LogP) is 1.66. The van der Waals surface area contributed by atoms with E-state index < -0.39 is 13.0 Å². The molecular formula is C11H14F2N2O2. The molecule has 4 nitrogen and oxygen atoms in total. The number of alkyl halides is 2. The first kappa shape index (κ1) is 13.2. The van der Waals surface area contributed by atoms with Crippen LogP contribution in [-0.4, -0.2) is 25.5 Å². The lowest BCUT2D eigenvalue weighted by Gasteiger charge is -2.11. The zero-order chi connectivity index (χ0) is 12.8. The van der Waals surface area contributed by atoms with Gasteiger partial charge in [0.05, 0.1) is 5.56 Å². The molecule has 0 saturated heterocycles. The van der Waals surface area contributed by atoms with Crippen molar-refractivity contribution in [1.29, 1.82) is 0 Å². The SMILES string of the molecule is CCNC(=O)c1ccc(N)cc1OCC(F)F. The molecular weight excluding hydrogens is 230 g/mol. The fourth-order valence-corrected chi connectivity index (χ4v) is 1.25. The molecule has 0 aliphatic heterocycles. The Morgan fingerprint density at radius 1 is 1.53 bits per heavy atom. The Bertz CT molecular complexity index is 397. The normalized spacial score (nSPS) is 10.4. The zero-order valence-corrected chi connectivity index (χ0v) is 9.37. The molecule has 3 N–H and O–H groups in total. The second-order valence-electron chi connectivity index (χ2n) is 3.32. The predicted molar refractivity (Wildman–Crippen MR) is 60.4 cm³/mol. The van der Waals surface area contributed by atoms with Crippen LogP contribution in [0.4, 0.5) is 14.5 Å². The standard InChI is InChI=1S/C11H14F2N2O2/c1-2-15-11(16)8-4-3-7(14)5-9(8)17-6-10(12)13/h3-5,10H,2,6,14H2,1H3,(H,15,16). The second-order valence-corrected chi connectivity index (χ2v) is 3.32. The van der Waals surface area contributed by atoms with Crippen molar-refractivity contribution in [3.63, 3.8) is 0 Å². The van der Waals surface area contributed by atoms with Crippen molar-refractivity contribution in [2.24, 2.45) is 0 Å². The number of carbonyl (C=O) groups excluding carboxylic acids is 1.